The SMILES string of the molecule is Nc1c(C(=O)N2CC3CCCC3C2)sc2cnccc12. The molecule has 1 aliphatic carbocycles. The molecular weight excluding hydrogens is 270 g/mol. The van der Waals surface area contributed by atoms with Gasteiger partial charge in [-0.05, 0) is 30.7 Å². The van der Waals surface area contributed by atoms with Gasteiger partial charge < -0.3 is 10.6 Å². The second-order valence-corrected chi connectivity index (χ2v) is 6.93. The number of nitrogens with zero attached hydrogens (tertiary/aromatic N) is 2. The van der Waals surface area contributed by atoms with Crippen molar-refractivity contribution < 1.29 is 4.79 Å². The molecule has 5 heteroatoms. The molecule has 20 heavy (non-hydrogen) atoms. The number of hydrogen-bond acceptors (Lipinski definition) is 4. The van der Waals surface area contributed by atoms with Crippen LogP contribution in [0.2, 0.25) is 0 Å². The first-order chi connectivity index (χ1) is 9.74. The molecule has 1 aliphatic heterocycles. The Bertz CT molecular complexity index is 669. The summed E-state index contributed by atoms with van der Waals surface area (Å²) < 4.78 is 0.993. The number of rotatable bonds is 1. The lowest BCUT2D eigenvalue weighted by Crippen LogP contribution is -2.29. The van der Waals surface area contributed by atoms with E-state index in [1.54, 1.807) is 12.4 Å². The van der Waals surface area contributed by atoms with Gasteiger partial charge in [0.25, 0.3) is 5.91 Å². The van der Waals surface area contributed by atoms with E-state index in [4.69, 9.17) is 5.73 Å². The van der Waals surface area contributed by atoms with E-state index in [1.807, 2.05) is 11.0 Å². The van der Waals surface area contributed by atoms with Crippen LogP contribution in [-0.4, -0.2) is 28.9 Å². The number of carbonyl (C=O) groups excluding carboxylic acids is 1. The Balaban J connectivity index is 1.66. The molecule has 0 aromatic carbocycles. The van der Waals surface area contributed by atoms with Crippen molar-refractivity contribution >= 4 is 33.0 Å². The summed E-state index contributed by atoms with van der Waals surface area (Å²) in [7, 11) is 0. The fourth-order valence-electron chi connectivity index (χ4n) is 3.67. The summed E-state index contributed by atoms with van der Waals surface area (Å²) in [4.78, 5) is 19.5. The first-order valence-corrected chi connectivity index (χ1v) is 7.97. The molecule has 2 aromatic rings. The molecule has 1 saturated heterocycles. The zero-order valence-electron chi connectivity index (χ0n) is 11.2. The lowest BCUT2D eigenvalue weighted by molar-refractivity contribution is 0.0786. The van der Waals surface area contributed by atoms with E-state index in [2.05, 4.69) is 4.98 Å². The molecule has 0 bridgehead atoms. The zero-order valence-corrected chi connectivity index (χ0v) is 12.0. The zero-order chi connectivity index (χ0) is 13.7. The fraction of sp³-hybridized carbons (Fsp3) is 0.467. The third kappa shape index (κ3) is 1.73. The molecular formula is C15H17N3OS. The molecule has 4 nitrogen and oxygen atoms in total. The third-order valence-corrected chi connectivity index (χ3v) is 5.88. The van der Waals surface area contributed by atoms with Crippen molar-refractivity contribution in [2.24, 2.45) is 11.8 Å². The second-order valence-electron chi connectivity index (χ2n) is 5.88. The van der Waals surface area contributed by atoms with Gasteiger partial charge in [0.1, 0.15) is 4.88 Å². The number of amides is 1. The predicted molar refractivity (Wildman–Crippen MR) is 80.8 cm³/mol. The van der Waals surface area contributed by atoms with E-state index in [0.29, 0.717) is 10.6 Å². The maximum Gasteiger partial charge on any atom is 0.266 e. The molecule has 1 saturated carbocycles. The summed E-state index contributed by atoms with van der Waals surface area (Å²) in [6.07, 6.45) is 7.39. The van der Waals surface area contributed by atoms with Crippen LogP contribution >= 0.6 is 11.3 Å². The molecule has 2 atom stereocenters. The highest BCUT2D eigenvalue weighted by Crippen LogP contribution is 2.40. The summed E-state index contributed by atoms with van der Waals surface area (Å²) in [5.74, 6) is 1.55. The number of hydrogen-bond donors (Lipinski definition) is 1. The summed E-state index contributed by atoms with van der Waals surface area (Å²) in [6, 6.07) is 1.89. The van der Waals surface area contributed by atoms with Crippen LogP contribution in [0, 0.1) is 11.8 Å². The molecule has 104 valence electrons. The normalized spacial score (nSPS) is 25.3. The minimum absolute atomic E-state index is 0.109. The van der Waals surface area contributed by atoms with Crippen LogP contribution in [0.15, 0.2) is 18.5 Å². The van der Waals surface area contributed by atoms with Crippen LogP contribution in [0.1, 0.15) is 28.9 Å². The summed E-state index contributed by atoms with van der Waals surface area (Å²) in [5.41, 5.74) is 6.78. The van der Waals surface area contributed by atoms with E-state index < -0.39 is 0 Å². The predicted octanol–water partition coefficient (Wildman–Crippen LogP) is 2.75. The maximum absolute atomic E-state index is 12.7. The van der Waals surface area contributed by atoms with Gasteiger partial charge in [0.15, 0.2) is 0 Å². The van der Waals surface area contributed by atoms with Crippen molar-refractivity contribution in [1.82, 2.24) is 9.88 Å². The minimum atomic E-state index is 0.109. The number of nitrogen functional groups attached to an aromatic ring is 1. The van der Waals surface area contributed by atoms with Crippen molar-refractivity contribution in [1.29, 1.82) is 0 Å². The smallest absolute Gasteiger partial charge is 0.266 e. The Morgan fingerprint density at radius 1 is 1.35 bits per heavy atom. The number of anilines is 1. The highest BCUT2D eigenvalue weighted by molar-refractivity contribution is 7.21. The molecule has 3 heterocycles. The van der Waals surface area contributed by atoms with Crippen molar-refractivity contribution in [3.8, 4) is 0 Å². The largest absolute Gasteiger partial charge is 0.397 e. The molecule has 0 spiro atoms. The van der Waals surface area contributed by atoms with Crippen molar-refractivity contribution in [2.75, 3.05) is 18.8 Å². The van der Waals surface area contributed by atoms with Crippen molar-refractivity contribution in [2.45, 2.75) is 19.3 Å². The van der Waals surface area contributed by atoms with Crippen LogP contribution in [0.25, 0.3) is 10.1 Å². The average molecular weight is 287 g/mol. The molecule has 4 rings (SSSR count). The quantitative estimate of drug-likeness (QED) is 0.877. The average Bonchev–Trinajstić information content (AvgIpc) is 3.11. The molecule has 0 radical (unpaired) electrons. The molecule has 1 amide bonds. The van der Waals surface area contributed by atoms with Crippen LogP contribution < -0.4 is 5.73 Å². The van der Waals surface area contributed by atoms with Crippen LogP contribution in [0.3, 0.4) is 0 Å². The number of thiophene rings is 1. The van der Waals surface area contributed by atoms with E-state index >= 15 is 0 Å². The number of aromatic nitrogens is 1. The Morgan fingerprint density at radius 2 is 2.10 bits per heavy atom. The fourth-order valence-corrected chi connectivity index (χ4v) is 4.73. The Hall–Kier alpha value is -1.62. The van der Waals surface area contributed by atoms with E-state index in [-0.39, 0.29) is 5.91 Å². The number of nitrogens with two attached hydrogens (primary N) is 1. The van der Waals surface area contributed by atoms with Gasteiger partial charge in [0, 0.05) is 30.9 Å². The van der Waals surface area contributed by atoms with Crippen molar-refractivity contribution in [3.63, 3.8) is 0 Å². The van der Waals surface area contributed by atoms with Crippen molar-refractivity contribution in [3.05, 3.63) is 23.3 Å². The van der Waals surface area contributed by atoms with Gasteiger partial charge >= 0.3 is 0 Å². The maximum atomic E-state index is 12.7. The van der Waals surface area contributed by atoms with Gasteiger partial charge in [0.05, 0.1) is 10.4 Å². The van der Waals surface area contributed by atoms with Gasteiger partial charge in [-0.2, -0.15) is 0 Å². The monoisotopic (exact) mass is 287 g/mol. The van der Waals surface area contributed by atoms with E-state index in [0.717, 1.165) is 35.0 Å². The first-order valence-electron chi connectivity index (χ1n) is 7.15. The molecule has 2 aliphatic rings. The summed E-state index contributed by atoms with van der Waals surface area (Å²) >= 11 is 1.47. The van der Waals surface area contributed by atoms with Crippen LogP contribution in [0.5, 0.6) is 0 Å². The number of carbonyl (C=O) groups is 1. The molecule has 2 fully saturated rings. The number of likely N-dealkylation sites (tertiary alicyclic amines) is 1. The number of pyridine rings is 1. The van der Waals surface area contributed by atoms with Crippen LogP contribution in [-0.2, 0) is 0 Å². The lowest BCUT2D eigenvalue weighted by atomic mass is 10.0. The Labute approximate surface area is 121 Å². The highest BCUT2D eigenvalue weighted by Gasteiger charge is 2.39. The minimum Gasteiger partial charge on any atom is -0.397 e. The summed E-state index contributed by atoms with van der Waals surface area (Å²) in [5, 5.41) is 0.952. The molecule has 2 N–H and O–H groups in total. The van der Waals surface area contributed by atoms with E-state index in [9.17, 15) is 4.79 Å². The summed E-state index contributed by atoms with van der Waals surface area (Å²) in [6.45, 7) is 1.82. The van der Waals surface area contributed by atoms with Crippen LogP contribution in [0.4, 0.5) is 5.69 Å². The standard InChI is InChI=1S/C15H17N3OS/c16-13-11-4-5-17-6-12(11)20-14(13)15(19)18-7-9-2-1-3-10(9)8-18/h4-6,9-10H,1-3,7-8,16H2. The third-order valence-electron chi connectivity index (χ3n) is 4.74. The van der Waals surface area contributed by atoms with Gasteiger partial charge in [0.2, 0.25) is 0 Å². The second kappa shape index (κ2) is 4.45. The van der Waals surface area contributed by atoms with Gasteiger partial charge in [-0.25, -0.2) is 0 Å². The van der Waals surface area contributed by atoms with E-state index in [1.165, 1.54) is 30.6 Å². The molecule has 2 aromatic heterocycles. The first kappa shape index (κ1) is 12.1. The lowest BCUT2D eigenvalue weighted by Gasteiger charge is -2.16. The topological polar surface area (TPSA) is 59.2 Å². The van der Waals surface area contributed by atoms with Gasteiger partial charge in [-0.3, -0.25) is 9.78 Å². The highest BCUT2D eigenvalue weighted by atomic mass is 32.1. The molecule has 2 unspecified atom stereocenters. The Kier molecular flexibility index (Phi) is 2.70. The van der Waals surface area contributed by atoms with Gasteiger partial charge in [-0.15, -0.1) is 11.3 Å². The Morgan fingerprint density at radius 3 is 2.80 bits per heavy atom. The number of fused-ring (bicyclic) bond motifs is 2. The van der Waals surface area contributed by atoms with Gasteiger partial charge in [-0.1, -0.05) is 6.42 Å².